The van der Waals surface area contributed by atoms with Crippen LogP contribution in [0.5, 0.6) is 0 Å². The molecule has 0 aliphatic heterocycles. The Kier molecular flexibility index (Phi) is 5.02. The molecule has 0 heterocycles. The lowest BCUT2D eigenvalue weighted by atomic mass is 9.71. The lowest BCUT2D eigenvalue weighted by Gasteiger charge is -2.36. The third-order valence-corrected chi connectivity index (χ3v) is 4.81. The molecule has 0 aromatic rings. The van der Waals surface area contributed by atoms with Crippen molar-refractivity contribution in [3.63, 3.8) is 0 Å². The van der Waals surface area contributed by atoms with Crippen molar-refractivity contribution in [1.29, 1.82) is 0 Å². The van der Waals surface area contributed by atoms with Gasteiger partial charge in [0.05, 0.1) is 6.42 Å². The molecule has 0 aromatic carbocycles. The van der Waals surface area contributed by atoms with Crippen molar-refractivity contribution in [2.75, 3.05) is 6.54 Å². The highest BCUT2D eigenvalue weighted by Crippen LogP contribution is 2.39. The number of carbonyl (C=O) groups is 2. The highest BCUT2D eigenvalue weighted by molar-refractivity contribution is 5.78. The van der Waals surface area contributed by atoms with Crippen LogP contribution < -0.4 is 11.1 Å². The predicted molar refractivity (Wildman–Crippen MR) is 76.1 cm³/mol. The molecule has 0 bridgehead atoms. The fraction of sp³-hybridized carbons (Fsp3) is 0.867. The molecule has 2 fully saturated rings. The van der Waals surface area contributed by atoms with Gasteiger partial charge in [-0.1, -0.05) is 19.3 Å². The van der Waals surface area contributed by atoms with Crippen molar-refractivity contribution in [2.45, 2.75) is 63.8 Å². The van der Waals surface area contributed by atoms with Gasteiger partial charge in [-0.15, -0.1) is 0 Å². The quantitative estimate of drug-likeness (QED) is 0.662. The minimum Gasteiger partial charge on any atom is -0.481 e. The Labute approximate surface area is 120 Å². The number of carbonyl (C=O) groups excluding carboxylic acids is 1. The second-order valence-corrected chi connectivity index (χ2v) is 6.55. The third kappa shape index (κ3) is 4.20. The minimum absolute atomic E-state index is 0.0181. The molecule has 1 unspecified atom stereocenters. The number of hydrogen-bond acceptors (Lipinski definition) is 3. The molecule has 1 atom stereocenters. The summed E-state index contributed by atoms with van der Waals surface area (Å²) in [5.74, 6) is -0.501. The van der Waals surface area contributed by atoms with Gasteiger partial charge in [-0.3, -0.25) is 9.59 Å². The van der Waals surface area contributed by atoms with E-state index in [0.29, 0.717) is 18.9 Å². The predicted octanol–water partition coefficient (Wildman–Crippen LogP) is 1.66. The summed E-state index contributed by atoms with van der Waals surface area (Å²) in [4.78, 5) is 23.1. The molecule has 4 N–H and O–H groups in total. The maximum Gasteiger partial charge on any atom is 0.305 e. The Morgan fingerprint density at radius 2 is 1.90 bits per heavy atom. The van der Waals surface area contributed by atoms with Crippen molar-refractivity contribution >= 4 is 11.9 Å². The van der Waals surface area contributed by atoms with Gasteiger partial charge in [0, 0.05) is 12.5 Å². The number of carboxylic acid groups (broad SMARTS) is 1. The van der Waals surface area contributed by atoms with Gasteiger partial charge in [-0.05, 0) is 43.6 Å². The summed E-state index contributed by atoms with van der Waals surface area (Å²) in [6.07, 6.45) is 8.09. The number of amides is 1. The Morgan fingerprint density at radius 3 is 2.40 bits per heavy atom. The van der Waals surface area contributed by atoms with E-state index < -0.39 is 5.97 Å². The average molecular weight is 282 g/mol. The van der Waals surface area contributed by atoms with Crippen LogP contribution in [0.4, 0.5) is 0 Å². The van der Waals surface area contributed by atoms with Gasteiger partial charge in [0.25, 0.3) is 0 Å². The molecule has 2 saturated carbocycles. The smallest absolute Gasteiger partial charge is 0.305 e. The number of aliphatic carboxylic acids is 1. The van der Waals surface area contributed by atoms with Gasteiger partial charge in [-0.25, -0.2) is 0 Å². The Morgan fingerprint density at radius 1 is 1.25 bits per heavy atom. The van der Waals surface area contributed by atoms with Gasteiger partial charge in [0.15, 0.2) is 0 Å². The van der Waals surface area contributed by atoms with E-state index in [2.05, 4.69) is 5.32 Å². The fourth-order valence-corrected chi connectivity index (χ4v) is 3.38. The number of nitrogens with one attached hydrogen (secondary N) is 1. The summed E-state index contributed by atoms with van der Waals surface area (Å²) in [7, 11) is 0. The Hall–Kier alpha value is -1.10. The molecule has 1 amide bonds. The van der Waals surface area contributed by atoms with Crippen molar-refractivity contribution in [1.82, 2.24) is 5.32 Å². The van der Waals surface area contributed by atoms with E-state index >= 15 is 0 Å². The Bertz CT molecular complexity index is 360. The normalized spacial score (nSPS) is 23.1. The second-order valence-electron chi connectivity index (χ2n) is 6.55. The Balaban J connectivity index is 1.87. The van der Waals surface area contributed by atoms with Crippen LogP contribution >= 0.6 is 0 Å². The summed E-state index contributed by atoms with van der Waals surface area (Å²) in [6.45, 7) is 0.549. The number of rotatable bonds is 7. The molecule has 2 aliphatic rings. The molecule has 20 heavy (non-hydrogen) atoms. The van der Waals surface area contributed by atoms with Gasteiger partial charge >= 0.3 is 5.97 Å². The van der Waals surface area contributed by atoms with E-state index in [1.54, 1.807) is 0 Å². The van der Waals surface area contributed by atoms with Crippen LogP contribution in [-0.2, 0) is 9.59 Å². The topological polar surface area (TPSA) is 92.4 Å². The van der Waals surface area contributed by atoms with Crippen LogP contribution in [0.3, 0.4) is 0 Å². The highest BCUT2D eigenvalue weighted by atomic mass is 16.4. The van der Waals surface area contributed by atoms with E-state index in [9.17, 15) is 9.59 Å². The molecule has 0 saturated heterocycles. The summed E-state index contributed by atoms with van der Waals surface area (Å²) in [5, 5.41) is 11.9. The SMILES string of the molecule is NCC1(CC(=O)NC(CC(=O)O)C2CC2)CCCCC1. The van der Waals surface area contributed by atoms with Crippen molar-refractivity contribution in [3.8, 4) is 0 Å². The van der Waals surface area contributed by atoms with Crippen molar-refractivity contribution < 1.29 is 14.7 Å². The van der Waals surface area contributed by atoms with Crippen LogP contribution in [0.15, 0.2) is 0 Å². The van der Waals surface area contributed by atoms with Crippen LogP contribution in [0.1, 0.15) is 57.8 Å². The molecule has 2 rings (SSSR count). The van der Waals surface area contributed by atoms with Crippen molar-refractivity contribution in [3.05, 3.63) is 0 Å². The van der Waals surface area contributed by atoms with Gasteiger partial charge < -0.3 is 16.2 Å². The fourth-order valence-electron chi connectivity index (χ4n) is 3.38. The summed E-state index contributed by atoms with van der Waals surface area (Å²) in [5.41, 5.74) is 5.84. The lowest BCUT2D eigenvalue weighted by Crippen LogP contribution is -2.43. The molecule has 0 spiro atoms. The van der Waals surface area contributed by atoms with E-state index in [4.69, 9.17) is 10.8 Å². The minimum atomic E-state index is -0.839. The number of carboxylic acids is 1. The van der Waals surface area contributed by atoms with E-state index in [1.165, 1.54) is 6.42 Å². The molecule has 0 radical (unpaired) electrons. The van der Waals surface area contributed by atoms with E-state index in [0.717, 1.165) is 38.5 Å². The monoisotopic (exact) mass is 282 g/mol. The zero-order valence-electron chi connectivity index (χ0n) is 12.1. The van der Waals surface area contributed by atoms with Crippen LogP contribution in [0.25, 0.3) is 0 Å². The first-order valence-corrected chi connectivity index (χ1v) is 7.76. The molecule has 0 aromatic heterocycles. The summed E-state index contributed by atoms with van der Waals surface area (Å²) >= 11 is 0. The first kappa shape index (κ1) is 15.3. The first-order chi connectivity index (χ1) is 9.54. The van der Waals surface area contributed by atoms with E-state index in [-0.39, 0.29) is 23.8 Å². The molecule has 5 heteroatoms. The molecule has 2 aliphatic carbocycles. The summed E-state index contributed by atoms with van der Waals surface area (Å²) < 4.78 is 0. The first-order valence-electron chi connectivity index (χ1n) is 7.76. The number of hydrogen-bond donors (Lipinski definition) is 3. The van der Waals surface area contributed by atoms with Crippen LogP contribution in [-0.4, -0.2) is 29.6 Å². The van der Waals surface area contributed by atoms with Gasteiger partial charge in [-0.2, -0.15) is 0 Å². The van der Waals surface area contributed by atoms with Crippen molar-refractivity contribution in [2.24, 2.45) is 17.1 Å². The molecule has 114 valence electrons. The largest absolute Gasteiger partial charge is 0.481 e. The molecular formula is C15H26N2O3. The molecule has 5 nitrogen and oxygen atoms in total. The second kappa shape index (κ2) is 6.57. The highest BCUT2D eigenvalue weighted by Gasteiger charge is 2.37. The zero-order valence-corrected chi connectivity index (χ0v) is 12.1. The van der Waals surface area contributed by atoms with Crippen LogP contribution in [0, 0.1) is 11.3 Å². The maximum atomic E-state index is 12.2. The van der Waals surface area contributed by atoms with Gasteiger partial charge in [0.2, 0.25) is 5.91 Å². The maximum absolute atomic E-state index is 12.2. The van der Waals surface area contributed by atoms with Crippen LogP contribution in [0.2, 0.25) is 0 Å². The van der Waals surface area contributed by atoms with E-state index in [1.807, 2.05) is 0 Å². The molecular weight excluding hydrogens is 256 g/mol. The standard InChI is InChI=1S/C15H26N2O3/c16-10-15(6-2-1-3-7-15)9-13(18)17-12(8-14(19)20)11-4-5-11/h11-12H,1-10,16H2,(H,17,18)(H,19,20). The number of nitrogens with two attached hydrogens (primary N) is 1. The lowest BCUT2D eigenvalue weighted by molar-refractivity contribution is -0.138. The summed E-state index contributed by atoms with van der Waals surface area (Å²) in [6, 6.07) is -0.196. The van der Waals surface area contributed by atoms with Gasteiger partial charge in [0.1, 0.15) is 0 Å². The average Bonchev–Trinajstić information content (AvgIpc) is 3.22. The third-order valence-electron chi connectivity index (χ3n) is 4.81. The zero-order chi connectivity index (χ0) is 14.6.